The molecule has 0 radical (unpaired) electrons. The Balaban J connectivity index is 2.10. The third-order valence-corrected chi connectivity index (χ3v) is 8.01. The third-order valence-electron chi connectivity index (χ3n) is 6.88. The van der Waals surface area contributed by atoms with E-state index in [4.69, 9.17) is 0 Å². The summed E-state index contributed by atoms with van der Waals surface area (Å²) in [6.45, 7) is 6.66. The largest absolute Gasteiger partial charge is 0.352 e. The van der Waals surface area contributed by atoms with E-state index in [0.29, 0.717) is 17.7 Å². The zero-order chi connectivity index (χ0) is 29.4. The second kappa shape index (κ2) is 13.6. The lowest BCUT2D eigenvalue weighted by Gasteiger charge is -2.34. The minimum absolute atomic E-state index is 0.154. The van der Waals surface area contributed by atoms with Gasteiger partial charge in [0.1, 0.15) is 18.4 Å². The van der Waals surface area contributed by atoms with Crippen molar-refractivity contribution in [2.75, 3.05) is 17.1 Å². The average Bonchev–Trinajstić information content (AvgIpc) is 2.91. The molecule has 3 aromatic carbocycles. The number of anilines is 1. The zero-order valence-corrected chi connectivity index (χ0v) is 24.5. The lowest BCUT2D eigenvalue weighted by molar-refractivity contribution is -0.140. The van der Waals surface area contributed by atoms with Crippen molar-refractivity contribution in [3.05, 3.63) is 101 Å². The molecule has 0 bridgehead atoms. The summed E-state index contributed by atoms with van der Waals surface area (Å²) in [6.07, 6.45) is 1.89. The molecular weight excluding hydrogens is 529 g/mol. The average molecular weight is 568 g/mol. The van der Waals surface area contributed by atoms with Crippen LogP contribution < -0.4 is 9.62 Å². The van der Waals surface area contributed by atoms with Crippen LogP contribution in [-0.4, -0.2) is 50.0 Å². The highest BCUT2D eigenvalue weighted by Crippen LogP contribution is 2.25. The number of rotatable bonds is 12. The molecule has 2 atom stereocenters. The number of aryl methyl sites for hydroxylation is 2. The highest BCUT2D eigenvalue weighted by Gasteiger charge is 2.34. The van der Waals surface area contributed by atoms with Crippen LogP contribution in [0.15, 0.2) is 72.8 Å². The summed E-state index contributed by atoms with van der Waals surface area (Å²) >= 11 is 0. The minimum atomic E-state index is -3.88. The maximum Gasteiger partial charge on any atom is 0.244 e. The van der Waals surface area contributed by atoms with Gasteiger partial charge in [0.2, 0.25) is 21.8 Å². The van der Waals surface area contributed by atoms with Crippen LogP contribution in [0.25, 0.3) is 0 Å². The molecule has 2 amide bonds. The first kappa shape index (κ1) is 30.8. The molecule has 214 valence electrons. The van der Waals surface area contributed by atoms with Crippen LogP contribution in [0.4, 0.5) is 10.1 Å². The number of sulfonamides is 1. The van der Waals surface area contributed by atoms with Gasteiger partial charge in [-0.25, -0.2) is 12.8 Å². The summed E-state index contributed by atoms with van der Waals surface area (Å²) in [5.74, 6) is -1.52. The molecule has 0 saturated carbocycles. The van der Waals surface area contributed by atoms with E-state index in [1.807, 2.05) is 57.2 Å². The number of halogens is 1. The van der Waals surface area contributed by atoms with Gasteiger partial charge in [-0.2, -0.15) is 0 Å². The molecule has 0 aromatic heterocycles. The van der Waals surface area contributed by atoms with E-state index in [-0.39, 0.29) is 30.5 Å². The van der Waals surface area contributed by atoms with E-state index in [0.717, 1.165) is 21.7 Å². The Morgan fingerprint density at radius 1 is 0.975 bits per heavy atom. The Labute approximate surface area is 237 Å². The van der Waals surface area contributed by atoms with Crippen molar-refractivity contribution in [1.82, 2.24) is 10.2 Å². The maximum atomic E-state index is 14.8. The van der Waals surface area contributed by atoms with Gasteiger partial charge in [0, 0.05) is 24.6 Å². The van der Waals surface area contributed by atoms with Gasteiger partial charge in [-0.3, -0.25) is 13.9 Å². The van der Waals surface area contributed by atoms with E-state index < -0.39 is 34.3 Å². The van der Waals surface area contributed by atoms with Crippen molar-refractivity contribution < 1.29 is 22.4 Å². The fourth-order valence-electron chi connectivity index (χ4n) is 4.39. The first-order chi connectivity index (χ1) is 18.9. The molecule has 0 aliphatic carbocycles. The highest BCUT2D eigenvalue weighted by molar-refractivity contribution is 7.92. The summed E-state index contributed by atoms with van der Waals surface area (Å²) in [7, 11) is -3.88. The molecular formula is C31H38FN3O4S. The van der Waals surface area contributed by atoms with E-state index in [1.54, 1.807) is 37.3 Å². The van der Waals surface area contributed by atoms with Crippen LogP contribution in [0.1, 0.15) is 42.5 Å². The molecule has 0 saturated heterocycles. The number of hydrogen-bond acceptors (Lipinski definition) is 4. The standard InChI is InChI=1S/C31H38FN3O4S/c1-6-24(4)33-31(37)29(19-25-12-8-7-9-13-25)34(20-26-14-10-11-15-27(26)32)30(36)21-35(40(5,38)39)28-18-22(2)16-17-23(28)3/h7-18,24,29H,6,19-21H2,1-5H3,(H,33,37)/t24-,29+/m0/s1. The topological polar surface area (TPSA) is 86.8 Å². The Kier molecular flexibility index (Phi) is 10.5. The van der Waals surface area contributed by atoms with Crippen molar-refractivity contribution in [3.63, 3.8) is 0 Å². The van der Waals surface area contributed by atoms with Gasteiger partial charge < -0.3 is 10.2 Å². The van der Waals surface area contributed by atoms with Gasteiger partial charge in [0.15, 0.2) is 0 Å². The molecule has 3 aromatic rings. The lowest BCUT2D eigenvalue weighted by atomic mass is 10.0. The van der Waals surface area contributed by atoms with Gasteiger partial charge in [-0.1, -0.05) is 67.6 Å². The Bertz CT molecular complexity index is 1430. The summed E-state index contributed by atoms with van der Waals surface area (Å²) in [5.41, 5.74) is 2.93. The molecule has 40 heavy (non-hydrogen) atoms. The van der Waals surface area contributed by atoms with Crippen LogP contribution >= 0.6 is 0 Å². The van der Waals surface area contributed by atoms with Crippen LogP contribution in [0.5, 0.6) is 0 Å². The van der Waals surface area contributed by atoms with Gasteiger partial charge in [0.05, 0.1) is 11.9 Å². The van der Waals surface area contributed by atoms with Crippen molar-refractivity contribution in [3.8, 4) is 0 Å². The smallest absolute Gasteiger partial charge is 0.244 e. The van der Waals surface area contributed by atoms with Gasteiger partial charge in [0.25, 0.3) is 0 Å². The predicted molar refractivity (Wildman–Crippen MR) is 157 cm³/mol. The second-order valence-electron chi connectivity index (χ2n) is 10.2. The normalized spacial score (nSPS) is 12.8. The quantitative estimate of drug-likeness (QED) is 0.342. The number of carbonyl (C=O) groups is 2. The van der Waals surface area contributed by atoms with Gasteiger partial charge in [-0.05, 0) is 56.0 Å². The molecule has 3 rings (SSSR count). The fraction of sp³-hybridized carbons (Fsp3) is 0.355. The van der Waals surface area contributed by atoms with Crippen LogP contribution in [0.2, 0.25) is 0 Å². The van der Waals surface area contributed by atoms with Crippen molar-refractivity contribution in [2.24, 2.45) is 0 Å². The van der Waals surface area contributed by atoms with Gasteiger partial charge >= 0.3 is 0 Å². The van der Waals surface area contributed by atoms with E-state index >= 15 is 0 Å². The number of hydrogen-bond donors (Lipinski definition) is 1. The molecule has 7 nitrogen and oxygen atoms in total. The molecule has 9 heteroatoms. The summed E-state index contributed by atoms with van der Waals surface area (Å²) in [6, 6.07) is 19.5. The molecule has 0 fully saturated rings. The van der Waals surface area contributed by atoms with E-state index in [9.17, 15) is 22.4 Å². The number of carbonyl (C=O) groups excluding carboxylic acids is 2. The fourth-order valence-corrected chi connectivity index (χ4v) is 5.29. The molecule has 0 unspecified atom stereocenters. The third kappa shape index (κ3) is 8.14. The lowest BCUT2D eigenvalue weighted by Crippen LogP contribution is -2.54. The summed E-state index contributed by atoms with van der Waals surface area (Å²) in [4.78, 5) is 29.1. The monoisotopic (exact) mass is 567 g/mol. The molecule has 0 spiro atoms. The summed E-state index contributed by atoms with van der Waals surface area (Å²) < 4.78 is 41.8. The Morgan fingerprint density at radius 2 is 1.62 bits per heavy atom. The zero-order valence-electron chi connectivity index (χ0n) is 23.7. The number of amides is 2. The van der Waals surface area contributed by atoms with Crippen LogP contribution in [-0.2, 0) is 32.6 Å². The highest BCUT2D eigenvalue weighted by atomic mass is 32.2. The summed E-state index contributed by atoms with van der Waals surface area (Å²) in [5, 5.41) is 2.96. The first-order valence-electron chi connectivity index (χ1n) is 13.3. The molecule has 0 heterocycles. The van der Waals surface area contributed by atoms with Crippen molar-refractivity contribution >= 4 is 27.5 Å². The molecule has 1 N–H and O–H groups in total. The number of benzene rings is 3. The van der Waals surface area contributed by atoms with Gasteiger partial charge in [-0.15, -0.1) is 0 Å². The van der Waals surface area contributed by atoms with Crippen molar-refractivity contribution in [1.29, 1.82) is 0 Å². The Hall–Kier alpha value is -3.72. The van der Waals surface area contributed by atoms with E-state index in [2.05, 4.69) is 5.32 Å². The number of nitrogens with one attached hydrogen (secondary N) is 1. The van der Waals surface area contributed by atoms with Crippen LogP contribution in [0.3, 0.4) is 0 Å². The second-order valence-corrected chi connectivity index (χ2v) is 12.1. The maximum absolute atomic E-state index is 14.8. The SMILES string of the molecule is CC[C@H](C)NC(=O)[C@@H](Cc1ccccc1)N(Cc1ccccc1F)C(=O)CN(c1cc(C)ccc1C)S(C)(=O)=O. The molecule has 0 aliphatic rings. The minimum Gasteiger partial charge on any atom is -0.352 e. The van der Waals surface area contributed by atoms with Crippen molar-refractivity contribution in [2.45, 2.75) is 59.2 Å². The van der Waals surface area contributed by atoms with Crippen LogP contribution in [0, 0.1) is 19.7 Å². The Morgan fingerprint density at radius 3 is 2.25 bits per heavy atom. The number of nitrogens with zero attached hydrogens (tertiary/aromatic N) is 2. The predicted octanol–water partition coefficient (Wildman–Crippen LogP) is 4.76. The molecule has 0 aliphatic heterocycles. The first-order valence-corrected chi connectivity index (χ1v) is 15.2. The van der Waals surface area contributed by atoms with E-state index in [1.165, 1.54) is 11.0 Å².